The lowest BCUT2D eigenvalue weighted by Gasteiger charge is -2.23. The van der Waals surface area contributed by atoms with E-state index in [2.05, 4.69) is 31.1 Å². The number of nitrogens with zero attached hydrogens (tertiary/aromatic N) is 1. The van der Waals surface area contributed by atoms with E-state index in [1.54, 1.807) is 20.3 Å². The molecule has 2 rings (SSSR count). The molecule has 2 aromatic carbocycles. The molecular formula is C19H25NO3. The van der Waals surface area contributed by atoms with E-state index in [1.165, 1.54) is 5.56 Å². The molecule has 0 radical (unpaired) electrons. The molecule has 0 saturated heterocycles. The number of benzene rings is 2. The Balaban J connectivity index is 2.49. The van der Waals surface area contributed by atoms with Crippen molar-refractivity contribution in [1.29, 1.82) is 0 Å². The van der Waals surface area contributed by atoms with Crippen LogP contribution >= 0.6 is 0 Å². The van der Waals surface area contributed by atoms with Crippen molar-refractivity contribution in [2.45, 2.75) is 12.3 Å². The van der Waals surface area contributed by atoms with E-state index >= 15 is 0 Å². The van der Waals surface area contributed by atoms with Crippen molar-refractivity contribution in [2.24, 2.45) is 0 Å². The normalized spacial score (nSPS) is 12.2. The summed E-state index contributed by atoms with van der Waals surface area (Å²) in [5.41, 5.74) is 2.25. The molecule has 0 aliphatic carbocycles. The maximum atomic E-state index is 10.0. The first-order chi connectivity index (χ1) is 11.1. The van der Waals surface area contributed by atoms with E-state index in [-0.39, 0.29) is 11.7 Å². The van der Waals surface area contributed by atoms with Gasteiger partial charge in [0.25, 0.3) is 0 Å². The predicted molar refractivity (Wildman–Crippen MR) is 92.7 cm³/mol. The molecule has 23 heavy (non-hydrogen) atoms. The number of phenolic OH excluding ortho intramolecular Hbond substituents is 1. The number of phenols is 1. The van der Waals surface area contributed by atoms with Gasteiger partial charge in [0.1, 0.15) is 5.75 Å². The number of aromatic hydroxyl groups is 1. The molecule has 1 atom stereocenters. The summed E-state index contributed by atoms with van der Waals surface area (Å²) in [4.78, 5) is 2.17. The molecule has 0 heterocycles. The summed E-state index contributed by atoms with van der Waals surface area (Å²) in [5, 5.41) is 10.0. The molecule has 0 aliphatic heterocycles. The molecule has 124 valence electrons. The molecule has 1 unspecified atom stereocenters. The van der Waals surface area contributed by atoms with Crippen molar-refractivity contribution in [3.05, 3.63) is 53.6 Å². The molecule has 0 saturated carbocycles. The number of rotatable bonds is 7. The van der Waals surface area contributed by atoms with Gasteiger partial charge in [0.15, 0.2) is 11.5 Å². The molecular weight excluding hydrogens is 290 g/mol. The van der Waals surface area contributed by atoms with E-state index in [0.29, 0.717) is 11.5 Å². The second-order valence-electron chi connectivity index (χ2n) is 5.82. The fourth-order valence-electron chi connectivity index (χ4n) is 2.75. The van der Waals surface area contributed by atoms with Crippen LogP contribution in [0.3, 0.4) is 0 Å². The lowest BCUT2D eigenvalue weighted by atomic mass is 9.87. The molecule has 0 aliphatic rings. The van der Waals surface area contributed by atoms with Crippen LogP contribution in [-0.2, 0) is 0 Å². The summed E-state index contributed by atoms with van der Waals surface area (Å²) in [6.45, 7) is 0.950. The summed E-state index contributed by atoms with van der Waals surface area (Å²) in [6, 6.07) is 13.9. The van der Waals surface area contributed by atoms with E-state index in [4.69, 9.17) is 9.47 Å². The van der Waals surface area contributed by atoms with Gasteiger partial charge in [-0.15, -0.1) is 0 Å². The van der Waals surface area contributed by atoms with E-state index < -0.39 is 0 Å². The van der Waals surface area contributed by atoms with Gasteiger partial charge < -0.3 is 19.5 Å². The SMILES string of the molecule is COc1cc(C(CCN(C)C)c2ccccc2)c(OC)cc1O. The molecule has 0 bridgehead atoms. The topological polar surface area (TPSA) is 41.9 Å². The molecule has 4 nitrogen and oxygen atoms in total. The Bertz CT molecular complexity index is 626. The predicted octanol–water partition coefficient (Wildman–Crippen LogP) is 3.49. The zero-order chi connectivity index (χ0) is 16.8. The molecule has 2 aromatic rings. The highest BCUT2D eigenvalue weighted by Gasteiger charge is 2.21. The Morgan fingerprint density at radius 3 is 2.22 bits per heavy atom. The van der Waals surface area contributed by atoms with E-state index in [0.717, 1.165) is 18.5 Å². The van der Waals surface area contributed by atoms with Crippen molar-refractivity contribution in [2.75, 3.05) is 34.9 Å². The van der Waals surface area contributed by atoms with Crippen LogP contribution in [0.5, 0.6) is 17.2 Å². The number of methoxy groups -OCH3 is 2. The third-order valence-electron chi connectivity index (χ3n) is 3.97. The molecule has 1 N–H and O–H groups in total. The van der Waals surface area contributed by atoms with Gasteiger partial charge in [0.2, 0.25) is 0 Å². The Hall–Kier alpha value is -2.20. The maximum absolute atomic E-state index is 10.0. The largest absolute Gasteiger partial charge is 0.504 e. The molecule has 0 amide bonds. The van der Waals surface area contributed by atoms with E-state index in [9.17, 15) is 5.11 Å². The van der Waals surface area contributed by atoms with Crippen molar-refractivity contribution < 1.29 is 14.6 Å². The summed E-state index contributed by atoms with van der Waals surface area (Å²) in [7, 11) is 7.31. The van der Waals surface area contributed by atoms with Gasteiger partial charge >= 0.3 is 0 Å². The smallest absolute Gasteiger partial charge is 0.161 e. The van der Waals surface area contributed by atoms with Crippen LogP contribution in [-0.4, -0.2) is 44.9 Å². The van der Waals surface area contributed by atoms with Gasteiger partial charge in [-0.1, -0.05) is 30.3 Å². The third-order valence-corrected chi connectivity index (χ3v) is 3.97. The van der Waals surface area contributed by atoms with Gasteiger partial charge in [-0.25, -0.2) is 0 Å². The first-order valence-corrected chi connectivity index (χ1v) is 7.71. The second kappa shape index (κ2) is 7.88. The molecule has 4 heteroatoms. The van der Waals surface area contributed by atoms with Crippen LogP contribution in [0.25, 0.3) is 0 Å². The molecule has 0 fully saturated rings. The fraction of sp³-hybridized carbons (Fsp3) is 0.368. The second-order valence-corrected chi connectivity index (χ2v) is 5.82. The summed E-state index contributed by atoms with van der Waals surface area (Å²) in [6.07, 6.45) is 0.946. The Morgan fingerprint density at radius 1 is 1.00 bits per heavy atom. The Labute approximate surface area is 138 Å². The van der Waals surface area contributed by atoms with Crippen LogP contribution in [0.2, 0.25) is 0 Å². The van der Waals surface area contributed by atoms with E-state index in [1.807, 2.05) is 24.3 Å². The minimum Gasteiger partial charge on any atom is -0.504 e. The lowest BCUT2D eigenvalue weighted by Crippen LogP contribution is -2.17. The zero-order valence-corrected chi connectivity index (χ0v) is 14.2. The third kappa shape index (κ3) is 4.17. The van der Waals surface area contributed by atoms with Crippen molar-refractivity contribution in [3.8, 4) is 17.2 Å². The quantitative estimate of drug-likeness (QED) is 0.849. The first kappa shape index (κ1) is 17.2. The highest BCUT2D eigenvalue weighted by molar-refractivity contribution is 5.53. The maximum Gasteiger partial charge on any atom is 0.161 e. The Kier molecular flexibility index (Phi) is 5.88. The van der Waals surface area contributed by atoms with Crippen LogP contribution in [0.1, 0.15) is 23.5 Å². The zero-order valence-electron chi connectivity index (χ0n) is 14.2. The number of ether oxygens (including phenoxy) is 2. The average molecular weight is 315 g/mol. The minimum absolute atomic E-state index is 0.0903. The van der Waals surface area contributed by atoms with Crippen molar-refractivity contribution in [1.82, 2.24) is 4.90 Å². The highest BCUT2D eigenvalue weighted by atomic mass is 16.5. The van der Waals surface area contributed by atoms with Gasteiger partial charge in [0.05, 0.1) is 14.2 Å². The summed E-state index contributed by atoms with van der Waals surface area (Å²) in [5.74, 6) is 1.40. The molecule has 0 aromatic heterocycles. The molecule has 0 spiro atoms. The lowest BCUT2D eigenvalue weighted by molar-refractivity contribution is 0.358. The van der Waals surface area contributed by atoms with Gasteiger partial charge in [-0.2, -0.15) is 0 Å². The number of hydrogen-bond donors (Lipinski definition) is 1. The average Bonchev–Trinajstić information content (AvgIpc) is 2.56. The monoisotopic (exact) mass is 315 g/mol. The van der Waals surface area contributed by atoms with Gasteiger partial charge in [-0.05, 0) is 38.7 Å². The first-order valence-electron chi connectivity index (χ1n) is 7.71. The van der Waals surface area contributed by atoms with Crippen molar-refractivity contribution >= 4 is 0 Å². The van der Waals surface area contributed by atoms with Gasteiger partial charge in [-0.3, -0.25) is 0 Å². The highest BCUT2D eigenvalue weighted by Crippen LogP contribution is 2.41. The van der Waals surface area contributed by atoms with Crippen LogP contribution in [0.15, 0.2) is 42.5 Å². The summed E-state index contributed by atoms with van der Waals surface area (Å²) >= 11 is 0. The van der Waals surface area contributed by atoms with Crippen LogP contribution < -0.4 is 9.47 Å². The van der Waals surface area contributed by atoms with Gasteiger partial charge in [0, 0.05) is 17.5 Å². The standard InChI is InChI=1S/C19H25NO3/c1-20(2)11-10-15(14-8-6-5-7-9-14)16-12-19(23-4)17(21)13-18(16)22-3/h5-9,12-13,15,21H,10-11H2,1-4H3. The van der Waals surface area contributed by atoms with Crippen LogP contribution in [0, 0.1) is 0 Å². The number of hydrogen-bond acceptors (Lipinski definition) is 4. The fourth-order valence-corrected chi connectivity index (χ4v) is 2.75. The summed E-state index contributed by atoms with van der Waals surface area (Å²) < 4.78 is 10.8. The van der Waals surface area contributed by atoms with Crippen molar-refractivity contribution in [3.63, 3.8) is 0 Å². The van der Waals surface area contributed by atoms with Crippen LogP contribution in [0.4, 0.5) is 0 Å². The minimum atomic E-state index is 0.0903. The Morgan fingerprint density at radius 2 is 1.65 bits per heavy atom.